The zero-order chi connectivity index (χ0) is 19.3. The highest BCUT2D eigenvalue weighted by atomic mass is 16.4. The predicted octanol–water partition coefficient (Wildman–Crippen LogP) is -0.926. The maximum absolute atomic E-state index is 10.0. The van der Waals surface area contributed by atoms with E-state index >= 15 is 0 Å². The third kappa shape index (κ3) is 22.9. The van der Waals surface area contributed by atoms with Gasteiger partial charge in [0.2, 0.25) is 0 Å². The summed E-state index contributed by atoms with van der Waals surface area (Å²) in [7, 11) is 0. The van der Waals surface area contributed by atoms with Gasteiger partial charge in [0.15, 0.2) is 0 Å². The molecule has 2 heterocycles. The Bertz CT molecular complexity index is 275. The molecule has 0 aromatic heterocycles. The van der Waals surface area contributed by atoms with Crippen LogP contribution in [0.15, 0.2) is 0 Å². The van der Waals surface area contributed by atoms with Crippen molar-refractivity contribution < 1.29 is 30.4 Å². The molecule has 6 heteroatoms. The van der Waals surface area contributed by atoms with E-state index in [9.17, 15) is 19.8 Å². The number of aliphatic carboxylic acids is 2. The number of carbonyl (C=O) groups excluding carboxylic acids is 2. The number of carboxylic acid groups (broad SMARTS) is 2. The Labute approximate surface area is 159 Å². The number of piperidine rings is 2. The van der Waals surface area contributed by atoms with Crippen LogP contribution in [0.1, 0.15) is 89.9 Å². The second kappa shape index (κ2) is 20.2. The van der Waals surface area contributed by atoms with Crippen molar-refractivity contribution >= 4 is 11.9 Å². The van der Waals surface area contributed by atoms with Gasteiger partial charge in [0, 0.05) is 11.9 Å². The lowest BCUT2D eigenvalue weighted by Crippen LogP contribution is -2.85. The molecule has 2 aliphatic rings. The minimum absolute atomic E-state index is 0.124. The fraction of sp³-hybridized carbons (Fsp3) is 0.900. The van der Waals surface area contributed by atoms with Gasteiger partial charge in [-0.05, 0) is 64.2 Å². The SMILES string of the molecule is C1CC[NH2+]CC1.C1CC[NH2+]CC1.O=C([O-])CCCCCCCCC(=O)[O-]. The topological polar surface area (TPSA) is 113 Å². The van der Waals surface area contributed by atoms with E-state index in [1.807, 2.05) is 0 Å². The Morgan fingerprint density at radius 2 is 0.846 bits per heavy atom. The normalized spacial score (nSPS) is 16.5. The Morgan fingerprint density at radius 1 is 0.538 bits per heavy atom. The minimum Gasteiger partial charge on any atom is -0.550 e. The van der Waals surface area contributed by atoms with Crippen LogP contribution in [-0.2, 0) is 9.59 Å². The van der Waals surface area contributed by atoms with E-state index in [0.29, 0.717) is 12.8 Å². The van der Waals surface area contributed by atoms with Crippen LogP contribution in [0.2, 0.25) is 0 Å². The van der Waals surface area contributed by atoms with Crippen molar-refractivity contribution in [2.75, 3.05) is 26.2 Å². The van der Waals surface area contributed by atoms with Crippen molar-refractivity contribution in [3.8, 4) is 0 Å². The Hall–Kier alpha value is -1.14. The van der Waals surface area contributed by atoms with Gasteiger partial charge in [-0.15, -0.1) is 0 Å². The zero-order valence-corrected chi connectivity index (χ0v) is 16.5. The number of quaternary nitrogens is 2. The molecule has 2 fully saturated rings. The van der Waals surface area contributed by atoms with Gasteiger partial charge in [-0.2, -0.15) is 0 Å². The van der Waals surface area contributed by atoms with Crippen LogP contribution in [0.25, 0.3) is 0 Å². The molecular formula is C20H40N2O4. The summed E-state index contributed by atoms with van der Waals surface area (Å²) in [6, 6.07) is 0. The van der Waals surface area contributed by atoms with E-state index in [-0.39, 0.29) is 12.8 Å². The first kappa shape index (κ1) is 24.9. The highest BCUT2D eigenvalue weighted by Crippen LogP contribution is 2.07. The zero-order valence-electron chi connectivity index (χ0n) is 16.5. The first-order valence-electron chi connectivity index (χ1n) is 10.7. The molecule has 0 aromatic rings. The molecule has 26 heavy (non-hydrogen) atoms. The molecule has 6 nitrogen and oxygen atoms in total. The number of carbonyl (C=O) groups is 2. The Kier molecular flexibility index (Phi) is 19.3. The van der Waals surface area contributed by atoms with Crippen molar-refractivity contribution in [2.24, 2.45) is 0 Å². The summed E-state index contributed by atoms with van der Waals surface area (Å²) in [5.74, 6) is -2.00. The van der Waals surface area contributed by atoms with E-state index in [2.05, 4.69) is 10.6 Å². The van der Waals surface area contributed by atoms with E-state index in [1.165, 1.54) is 64.7 Å². The number of carboxylic acids is 2. The lowest BCUT2D eigenvalue weighted by Gasteiger charge is -2.05. The van der Waals surface area contributed by atoms with Crippen LogP contribution < -0.4 is 20.8 Å². The van der Waals surface area contributed by atoms with Crippen molar-refractivity contribution in [1.29, 1.82) is 0 Å². The number of unbranched alkanes of at least 4 members (excludes halogenated alkanes) is 5. The molecule has 0 aromatic carbocycles. The lowest BCUT2D eigenvalue weighted by atomic mass is 10.1. The molecule has 0 bridgehead atoms. The maximum Gasteiger partial charge on any atom is 0.0755 e. The third-order valence-electron chi connectivity index (χ3n) is 4.64. The third-order valence-corrected chi connectivity index (χ3v) is 4.64. The molecular weight excluding hydrogens is 332 g/mol. The van der Waals surface area contributed by atoms with Crippen LogP contribution in [0.4, 0.5) is 0 Å². The maximum atomic E-state index is 10.0. The lowest BCUT2D eigenvalue weighted by molar-refractivity contribution is -0.662. The molecule has 0 atom stereocenters. The summed E-state index contributed by atoms with van der Waals surface area (Å²) in [6.07, 6.45) is 13.9. The number of hydrogen-bond donors (Lipinski definition) is 2. The smallest absolute Gasteiger partial charge is 0.0755 e. The van der Waals surface area contributed by atoms with Crippen LogP contribution in [0.5, 0.6) is 0 Å². The van der Waals surface area contributed by atoms with Crippen molar-refractivity contribution in [1.82, 2.24) is 0 Å². The van der Waals surface area contributed by atoms with Gasteiger partial charge < -0.3 is 30.4 Å². The van der Waals surface area contributed by atoms with Gasteiger partial charge >= 0.3 is 0 Å². The molecule has 2 rings (SSSR count). The van der Waals surface area contributed by atoms with E-state index < -0.39 is 11.9 Å². The molecule has 2 saturated heterocycles. The highest BCUT2D eigenvalue weighted by molar-refractivity contribution is 5.64. The van der Waals surface area contributed by atoms with Gasteiger partial charge in [0.1, 0.15) is 0 Å². The summed E-state index contributed by atoms with van der Waals surface area (Å²) < 4.78 is 0. The largest absolute Gasteiger partial charge is 0.550 e. The molecule has 154 valence electrons. The Balaban J connectivity index is 0.000000421. The fourth-order valence-electron chi connectivity index (χ4n) is 3.04. The van der Waals surface area contributed by atoms with Crippen LogP contribution in [0, 0.1) is 0 Å². The summed E-state index contributed by atoms with van der Waals surface area (Å²) in [6.45, 7) is 5.50. The van der Waals surface area contributed by atoms with Gasteiger partial charge in [-0.3, -0.25) is 0 Å². The van der Waals surface area contributed by atoms with Gasteiger partial charge in [-0.25, -0.2) is 0 Å². The quantitative estimate of drug-likeness (QED) is 0.509. The van der Waals surface area contributed by atoms with Crippen molar-refractivity contribution in [2.45, 2.75) is 89.9 Å². The van der Waals surface area contributed by atoms with Crippen molar-refractivity contribution in [3.05, 3.63) is 0 Å². The first-order chi connectivity index (χ1) is 12.6. The number of hydrogen-bond acceptors (Lipinski definition) is 4. The second-order valence-corrected chi connectivity index (χ2v) is 7.22. The van der Waals surface area contributed by atoms with Crippen molar-refractivity contribution in [3.63, 3.8) is 0 Å². The van der Waals surface area contributed by atoms with E-state index in [0.717, 1.165) is 25.7 Å². The van der Waals surface area contributed by atoms with Gasteiger partial charge in [0.25, 0.3) is 0 Å². The molecule has 0 saturated carbocycles. The summed E-state index contributed by atoms with van der Waals surface area (Å²) in [5.41, 5.74) is 0. The molecule has 0 unspecified atom stereocenters. The highest BCUT2D eigenvalue weighted by Gasteiger charge is 1.98. The minimum atomic E-state index is -0.998. The van der Waals surface area contributed by atoms with Crippen LogP contribution in [0.3, 0.4) is 0 Å². The molecule has 0 aliphatic carbocycles. The predicted molar refractivity (Wildman–Crippen MR) is 98.0 cm³/mol. The molecule has 0 amide bonds. The monoisotopic (exact) mass is 372 g/mol. The first-order valence-corrected chi connectivity index (χ1v) is 10.7. The van der Waals surface area contributed by atoms with E-state index in [4.69, 9.17) is 0 Å². The standard InChI is InChI=1S/C10H18O4.2C5H11N/c11-9(12)7-5-3-1-2-4-6-8-10(13)14;2*1-2-4-6-5-3-1/h1-8H2,(H,11,12)(H,13,14);2*6H,1-5H2. The number of nitrogens with two attached hydrogens (primary N) is 2. The molecule has 4 N–H and O–H groups in total. The fourth-order valence-corrected chi connectivity index (χ4v) is 3.04. The summed E-state index contributed by atoms with van der Waals surface area (Å²) in [4.78, 5) is 20.1. The van der Waals surface area contributed by atoms with Crippen LogP contribution in [-0.4, -0.2) is 38.1 Å². The second-order valence-electron chi connectivity index (χ2n) is 7.22. The van der Waals surface area contributed by atoms with Crippen LogP contribution >= 0.6 is 0 Å². The average Bonchev–Trinajstić information content (AvgIpc) is 2.67. The summed E-state index contributed by atoms with van der Waals surface area (Å²) in [5, 5.41) is 24.8. The molecule has 0 radical (unpaired) electrons. The van der Waals surface area contributed by atoms with Gasteiger partial charge in [0.05, 0.1) is 26.2 Å². The van der Waals surface area contributed by atoms with Gasteiger partial charge in [-0.1, -0.05) is 25.7 Å². The molecule has 2 aliphatic heterocycles. The Morgan fingerprint density at radius 3 is 1.04 bits per heavy atom. The molecule has 0 spiro atoms. The van der Waals surface area contributed by atoms with E-state index in [1.54, 1.807) is 0 Å². The average molecular weight is 373 g/mol. The summed E-state index contributed by atoms with van der Waals surface area (Å²) >= 11 is 0. The number of rotatable bonds is 9.